The van der Waals surface area contributed by atoms with E-state index >= 15 is 0 Å². The summed E-state index contributed by atoms with van der Waals surface area (Å²) in [7, 11) is 0. The normalized spacial score (nSPS) is 12.0. The van der Waals surface area contributed by atoms with Gasteiger partial charge in [0.15, 0.2) is 0 Å². The Morgan fingerprint density at radius 3 is 2.44 bits per heavy atom. The number of rotatable bonds is 4. The summed E-state index contributed by atoms with van der Waals surface area (Å²) in [4.78, 5) is 4.37. The molecule has 0 rings (SSSR count). The van der Waals surface area contributed by atoms with Crippen LogP contribution in [0.4, 0.5) is 0 Å². The minimum atomic E-state index is -0.0562. The van der Waals surface area contributed by atoms with Gasteiger partial charge in [-0.05, 0) is 11.8 Å². The molecule has 0 bridgehead atoms. The van der Waals surface area contributed by atoms with Crippen molar-refractivity contribution in [2.45, 2.75) is 20.3 Å². The second kappa shape index (κ2) is 3.82. The number of hydrogen-bond donors (Lipinski definition) is 2. The van der Waals surface area contributed by atoms with E-state index in [2.05, 4.69) is 4.84 Å². The molecule has 0 amide bonds. The van der Waals surface area contributed by atoms with E-state index in [0.717, 1.165) is 6.42 Å². The molecular weight excluding hydrogens is 118 g/mol. The molecule has 56 valence electrons. The van der Waals surface area contributed by atoms with Crippen molar-refractivity contribution in [1.82, 2.24) is 0 Å². The maximum Gasteiger partial charge on any atom is 0.0685 e. The Kier molecular flexibility index (Phi) is 3.77. The highest BCUT2D eigenvalue weighted by atomic mass is 16.6. The number of aliphatic hydroxyl groups is 1. The Morgan fingerprint density at radius 2 is 2.11 bits per heavy atom. The quantitative estimate of drug-likeness (QED) is 0.542. The molecule has 0 aliphatic rings. The molecule has 0 saturated heterocycles. The maximum atomic E-state index is 8.72. The first-order valence-corrected chi connectivity index (χ1v) is 3.05. The van der Waals surface area contributed by atoms with Crippen molar-refractivity contribution in [2.24, 2.45) is 11.3 Å². The highest BCUT2D eigenvalue weighted by Gasteiger charge is 2.15. The van der Waals surface area contributed by atoms with Crippen LogP contribution in [-0.4, -0.2) is 18.3 Å². The van der Waals surface area contributed by atoms with E-state index in [1.165, 1.54) is 0 Å². The Morgan fingerprint density at radius 1 is 1.56 bits per heavy atom. The molecule has 9 heavy (non-hydrogen) atoms. The Bertz CT molecular complexity index is 73.5. The summed E-state index contributed by atoms with van der Waals surface area (Å²) in [6.45, 7) is 4.61. The molecule has 3 N–H and O–H groups in total. The topological polar surface area (TPSA) is 55.5 Å². The van der Waals surface area contributed by atoms with Crippen molar-refractivity contribution in [3.8, 4) is 0 Å². The van der Waals surface area contributed by atoms with Gasteiger partial charge in [-0.1, -0.05) is 13.8 Å². The molecule has 0 fully saturated rings. The number of nitrogens with two attached hydrogens (primary N) is 1. The van der Waals surface area contributed by atoms with Gasteiger partial charge >= 0.3 is 0 Å². The number of aliphatic hydroxyl groups excluding tert-OH is 1. The lowest BCUT2D eigenvalue weighted by molar-refractivity contribution is 0.0766. The van der Waals surface area contributed by atoms with E-state index in [-0.39, 0.29) is 12.0 Å². The van der Waals surface area contributed by atoms with E-state index < -0.39 is 0 Å². The average molecular weight is 133 g/mol. The van der Waals surface area contributed by atoms with E-state index in [1.807, 2.05) is 13.8 Å². The summed E-state index contributed by atoms with van der Waals surface area (Å²) in [6, 6.07) is 0. The van der Waals surface area contributed by atoms with Crippen LogP contribution in [0.15, 0.2) is 0 Å². The van der Waals surface area contributed by atoms with Crippen LogP contribution in [0.5, 0.6) is 0 Å². The van der Waals surface area contributed by atoms with Crippen LogP contribution in [0.1, 0.15) is 20.3 Å². The van der Waals surface area contributed by atoms with Crippen LogP contribution in [0.3, 0.4) is 0 Å². The van der Waals surface area contributed by atoms with Gasteiger partial charge in [0.2, 0.25) is 0 Å². The van der Waals surface area contributed by atoms with E-state index in [1.54, 1.807) is 0 Å². The third kappa shape index (κ3) is 4.39. The zero-order valence-corrected chi connectivity index (χ0v) is 6.05. The monoisotopic (exact) mass is 133 g/mol. The molecular formula is C6H15NO2. The van der Waals surface area contributed by atoms with E-state index in [0.29, 0.717) is 6.61 Å². The van der Waals surface area contributed by atoms with Crippen molar-refractivity contribution >= 4 is 0 Å². The lowest BCUT2D eigenvalue weighted by Crippen LogP contribution is -2.20. The van der Waals surface area contributed by atoms with Crippen LogP contribution in [0.25, 0.3) is 0 Å². The molecule has 0 spiro atoms. The van der Waals surface area contributed by atoms with Crippen molar-refractivity contribution in [3.05, 3.63) is 0 Å². The van der Waals surface area contributed by atoms with Gasteiger partial charge in [-0.15, -0.1) is 0 Å². The third-order valence-corrected chi connectivity index (χ3v) is 1.32. The summed E-state index contributed by atoms with van der Waals surface area (Å²) in [5.74, 6) is 4.81. The molecule has 0 unspecified atom stereocenters. The van der Waals surface area contributed by atoms with Crippen LogP contribution < -0.4 is 5.90 Å². The summed E-state index contributed by atoms with van der Waals surface area (Å²) in [5.41, 5.74) is -0.0562. The minimum absolute atomic E-state index is 0.0562. The van der Waals surface area contributed by atoms with Gasteiger partial charge in [-0.2, -0.15) is 0 Å². The molecule has 3 nitrogen and oxygen atoms in total. The average Bonchev–Trinajstić information content (AvgIpc) is 1.84. The molecule has 0 aliphatic heterocycles. The first-order chi connectivity index (χ1) is 4.12. The van der Waals surface area contributed by atoms with E-state index in [9.17, 15) is 0 Å². The van der Waals surface area contributed by atoms with Crippen molar-refractivity contribution in [1.29, 1.82) is 0 Å². The predicted octanol–water partition coefficient (Wildman–Crippen LogP) is 0.285. The van der Waals surface area contributed by atoms with Gasteiger partial charge in [-0.25, -0.2) is 5.90 Å². The smallest absolute Gasteiger partial charge is 0.0685 e. The minimum Gasteiger partial charge on any atom is -0.396 e. The number of hydrogen-bond acceptors (Lipinski definition) is 3. The van der Waals surface area contributed by atoms with E-state index in [4.69, 9.17) is 11.0 Å². The third-order valence-electron chi connectivity index (χ3n) is 1.32. The van der Waals surface area contributed by atoms with Gasteiger partial charge in [0.1, 0.15) is 0 Å². The summed E-state index contributed by atoms with van der Waals surface area (Å²) >= 11 is 0. The maximum absolute atomic E-state index is 8.72. The first kappa shape index (κ1) is 8.88. The Labute approximate surface area is 55.8 Å². The highest BCUT2D eigenvalue weighted by molar-refractivity contribution is 4.65. The second-order valence-corrected chi connectivity index (χ2v) is 2.94. The zero-order valence-electron chi connectivity index (χ0n) is 6.05. The van der Waals surface area contributed by atoms with Gasteiger partial charge in [0.05, 0.1) is 6.61 Å². The highest BCUT2D eigenvalue weighted by Crippen LogP contribution is 2.17. The van der Waals surface area contributed by atoms with Crippen molar-refractivity contribution < 1.29 is 9.94 Å². The first-order valence-electron chi connectivity index (χ1n) is 3.05. The standard InChI is InChI=1S/C6H15NO2/c1-6(2,5-8)3-4-9-7/h8H,3-5,7H2,1-2H3. The lowest BCUT2D eigenvalue weighted by atomic mass is 9.91. The molecule has 0 heterocycles. The Hall–Kier alpha value is -0.120. The SMILES string of the molecule is CC(C)(CO)CCON. The molecule has 0 atom stereocenters. The molecule has 0 aromatic rings. The molecule has 0 saturated carbocycles. The molecule has 0 aromatic carbocycles. The largest absolute Gasteiger partial charge is 0.396 e. The lowest BCUT2D eigenvalue weighted by Gasteiger charge is -2.19. The fraction of sp³-hybridized carbons (Fsp3) is 1.00. The fourth-order valence-corrected chi connectivity index (χ4v) is 0.414. The zero-order chi connectivity index (χ0) is 7.33. The summed E-state index contributed by atoms with van der Waals surface area (Å²) in [5, 5.41) is 8.72. The van der Waals surface area contributed by atoms with Crippen LogP contribution in [-0.2, 0) is 4.84 Å². The van der Waals surface area contributed by atoms with Gasteiger partial charge < -0.3 is 9.94 Å². The van der Waals surface area contributed by atoms with Crippen LogP contribution >= 0.6 is 0 Å². The van der Waals surface area contributed by atoms with Gasteiger partial charge in [-0.3, -0.25) is 0 Å². The van der Waals surface area contributed by atoms with Gasteiger partial charge in [0.25, 0.3) is 0 Å². The Balaban J connectivity index is 3.33. The molecule has 0 aliphatic carbocycles. The van der Waals surface area contributed by atoms with Crippen LogP contribution in [0.2, 0.25) is 0 Å². The van der Waals surface area contributed by atoms with Crippen molar-refractivity contribution in [2.75, 3.05) is 13.2 Å². The summed E-state index contributed by atoms with van der Waals surface area (Å²) in [6.07, 6.45) is 0.792. The van der Waals surface area contributed by atoms with Crippen molar-refractivity contribution in [3.63, 3.8) is 0 Å². The predicted molar refractivity (Wildman–Crippen MR) is 35.6 cm³/mol. The molecule has 3 heteroatoms. The fourth-order valence-electron chi connectivity index (χ4n) is 0.414. The summed E-state index contributed by atoms with van der Waals surface area (Å²) < 4.78 is 0. The second-order valence-electron chi connectivity index (χ2n) is 2.94. The van der Waals surface area contributed by atoms with Crippen LogP contribution in [0, 0.1) is 5.41 Å². The molecule has 0 aromatic heterocycles. The van der Waals surface area contributed by atoms with Gasteiger partial charge in [0, 0.05) is 6.61 Å². The molecule has 0 radical (unpaired) electrons.